The lowest BCUT2D eigenvalue weighted by atomic mass is 9.47. The number of aliphatic hydroxyl groups excluding tert-OH is 2. The molecule has 7 nitrogen and oxygen atoms in total. The number of hydrogen-bond acceptors (Lipinski definition) is 7. The Balaban J connectivity index is 1.76. The van der Waals surface area contributed by atoms with Gasteiger partial charge in [0.15, 0.2) is 5.13 Å². The average molecular weight is 433 g/mol. The van der Waals surface area contributed by atoms with Crippen molar-refractivity contribution in [1.82, 2.24) is 4.98 Å². The molecule has 162 valence electrons. The average Bonchev–Trinajstić information content (AvgIpc) is 3.08. The van der Waals surface area contributed by atoms with E-state index in [-0.39, 0.29) is 36.0 Å². The van der Waals surface area contributed by atoms with Crippen LogP contribution in [0.1, 0.15) is 49.6 Å². The van der Waals surface area contributed by atoms with E-state index in [2.05, 4.69) is 12.2 Å². The van der Waals surface area contributed by atoms with Gasteiger partial charge >= 0.3 is 5.97 Å². The normalized spacial score (nSPS) is 32.9. The first kappa shape index (κ1) is 21.1. The van der Waals surface area contributed by atoms with Crippen molar-refractivity contribution in [3.05, 3.63) is 34.8 Å². The summed E-state index contributed by atoms with van der Waals surface area (Å²) in [6.45, 7) is 3.86. The van der Waals surface area contributed by atoms with Crippen LogP contribution in [0.25, 0.3) is 0 Å². The van der Waals surface area contributed by atoms with Gasteiger partial charge in [0.2, 0.25) is 0 Å². The molecule has 1 fully saturated rings. The van der Waals surface area contributed by atoms with E-state index in [1.165, 1.54) is 11.3 Å². The summed E-state index contributed by atoms with van der Waals surface area (Å²) in [6, 6.07) is 6.76. The molecule has 0 radical (unpaired) electrons. The number of rotatable bonds is 5. The van der Waals surface area contributed by atoms with Crippen molar-refractivity contribution < 1.29 is 25.2 Å². The van der Waals surface area contributed by atoms with Crippen LogP contribution in [-0.4, -0.2) is 44.1 Å². The van der Waals surface area contributed by atoms with Crippen LogP contribution in [0.5, 0.6) is 5.75 Å². The molecule has 1 heterocycles. The molecule has 4 rings (SSSR count). The highest BCUT2D eigenvalue weighted by Gasteiger charge is 2.59. The predicted molar refractivity (Wildman–Crippen MR) is 114 cm³/mol. The number of phenolic OH excluding ortho intramolecular Hbond substituents is 1. The Hall–Kier alpha value is -2.16. The molecule has 0 amide bonds. The van der Waals surface area contributed by atoms with Crippen molar-refractivity contribution in [2.45, 2.75) is 51.6 Å². The summed E-state index contributed by atoms with van der Waals surface area (Å²) < 4.78 is 0. The number of benzene rings is 1. The van der Waals surface area contributed by atoms with E-state index >= 15 is 0 Å². The maximum Gasteiger partial charge on any atom is 0.304 e. The van der Waals surface area contributed by atoms with E-state index in [0.29, 0.717) is 30.1 Å². The van der Waals surface area contributed by atoms with E-state index in [1.807, 2.05) is 13.0 Å². The molecule has 2 aliphatic rings. The van der Waals surface area contributed by atoms with Gasteiger partial charge in [-0.15, -0.1) is 11.3 Å². The highest BCUT2D eigenvalue weighted by atomic mass is 32.1. The van der Waals surface area contributed by atoms with E-state index in [1.54, 1.807) is 18.2 Å². The summed E-state index contributed by atoms with van der Waals surface area (Å²) in [7, 11) is 0. The van der Waals surface area contributed by atoms with Gasteiger partial charge in [-0.05, 0) is 42.7 Å². The molecule has 0 spiro atoms. The summed E-state index contributed by atoms with van der Waals surface area (Å²) >= 11 is 1.47. The summed E-state index contributed by atoms with van der Waals surface area (Å²) in [5, 5.41) is 44.1. The summed E-state index contributed by atoms with van der Waals surface area (Å²) in [5.74, 6) is -1.07. The molecule has 5 N–H and O–H groups in total. The minimum absolute atomic E-state index is 0.0348. The molecule has 8 heteroatoms. The first-order valence-corrected chi connectivity index (χ1v) is 11.1. The lowest BCUT2D eigenvalue weighted by molar-refractivity contribution is -0.150. The van der Waals surface area contributed by atoms with Crippen LogP contribution in [-0.2, 0) is 11.2 Å². The summed E-state index contributed by atoms with van der Waals surface area (Å²) in [4.78, 5) is 17.5. The number of phenols is 1. The van der Waals surface area contributed by atoms with Crippen molar-refractivity contribution >= 4 is 28.1 Å². The molecule has 30 heavy (non-hydrogen) atoms. The molecule has 5 atom stereocenters. The fraction of sp³-hybridized carbons (Fsp3) is 0.545. The van der Waals surface area contributed by atoms with Crippen molar-refractivity contribution in [3.8, 4) is 5.75 Å². The molecule has 5 unspecified atom stereocenters. The first-order valence-electron chi connectivity index (χ1n) is 10.2. The second kappa shape index (κ2) is 7.51. The minimum atomic E-state index is -0.875. The fourth-order valence-corrected chi connectivity index (χ4v) is 6.67. The number of fused-ring (bicyclic) bond motifs is 2. The first-order chi connectivity index (χ1) is 14.2. The van der Waals surface area contributed by atoms with Gasteiger partial charge in [0, 0.05) is 28.0 Å². The highest BCUT2D eigenvalue weighted by molar-refractivity contribution is 7.15. The van der Waals surface area contributed by atoms with Gasteiger partial charge in [-0.2, -0.15) is 0 Å². The van der Waals surface area contributed by atoms with Gasteiger partial charge in [0.05, 0.1) is 24.8 Å². The predicted octanol–water partition coefficient (Wildman–Crippen LogP) is 3.48. The van der Waals surface area contributed by atoms with Crippen LogP contribution in [0.3, 0.4) is 0 Å². The summed E-state index contributed by atoms with van der Waals surface area (Å²) in [6.07, 6.45) is 1.22. The number of aliphatic carboxylic acids is 1. The lowest BCUT2D eigenvalue weighted by Gasteiger charge is -2.58. The quantitative estimate of drug-likeness (QED) is 0.490. The number of nitrogens with one attached hydrogen (secondary N) is 1. The smallest absolute Gasteiger partial charge is 0.304 e. The van der Waals surface area contributed by atoms with Gasteiger partial charge < -0.3 is 25.7 Å². The van der Waals surface area contributed by atoms with E-state index in [4.69, 9.17) is 4.98 Å². The van der Waals surface area contributed by atoms with Crippen LogP contribution >= 0.6 is 11.3 Å². The number of nitrogens with zero attached hydrogens (tertiary/aromatic N) is 1. The number of anilines is 2. The Labute approximate surface area is 179 Å². The Bertz CT molecular complexity index is 963. The summed E-state index contributed by atoms with van der Waals surface area (Å²) in [5.41, 5.74) is 0.443. The molecule has 0 bridgehead atoms. The number of thiazole rings is 1. The SMILES string of the molecule is CC1(CO)C(O)CCC2(C)C(CC(=O)O)c3nc(Nc4cccc(O)c4)sc3CC12. The monoisotopic (exact) mass is 432 g/mol. The van der Waals surface area contributed by atoms with Crippen LogP contribution in [0.2, 0.25) is 0 Å². The molecule has 0 saturated heterocycles. The van der Waals surface area contributed by atoms with Gasteiger partial charge in [-0.25, -0.2) is 4.98 Å². The third-order valence-electron chi connectivity index (χ3n) is 7.37. The van der Waals surface area contributed by atoms with Gasteiger partial charge in [0.1, 0.15) is 5.75 Å². The van der Waals surface area contributed by atoms with Crippen molar-refractivity contribution in [2.24, 2.45) is 16.7 Å². The van der Waals surface area contributed by atoms with Crippen LogP contribution < -0.4 is 5.32 Å². The van der Waals surface area contributed by atoms with Crippen molar-refractivity contribution in [1.29, 1.82) is 0 Å². The number of aliphatic hydroxyl groups is 2. The van der Waals surface area contributed by atoms with E-state index in [9.17, 15) is 25.2 Å². The zero-order valence-corrected chi connectivity index (χ0v) is 17.9. The van der Waals surface area contributed by atoms with Crippen LogP contribution in [0, 0.1) is 16.7 Å². The topological polar surface area (TPSA) is 123 Å². The number of hydrogen-bond donors (Lipinski definition) is 5. The number of aromatic nitrogens is 1. The Kier molecular flexibility index (Phi) is 5.28. The molecule has 1 aromatic carbocycles. The second-order valence-corrected chi connectivity index (χ2v) is 10.2. The number of carboxylic acid groups (broad SMARTS) is 1. The largest absolute Gasteiger partial charge is 0.508 e. The lowest BCUT2D eigenvalue weighted by Crippen LogP contribution is -2.57. The minimum Gasteiger partial charge on any atom is -0.508 e. The van der Waals surface area contributed by atoms with Gasteiger partial charge in [-0.1, -0.05) is 19.9 Å². The number of carbonyl (C=O) groups is 1. The van der Waals surface area contributed by atoms with Gasteiger partial charge in [-0.3, -0.25) is 4.79 Å². The number of carboxylic acids is 1. The maximum atomic E-state index is 11.8. The Morgan fingerprint density at radius 2 is 2.13 bits per heavy atom. The second-order valence-electron chi connectivity index (χ2n) is 9.13. The molecular formula is C22H28N2O5S. The molecule has 0 aliphatic heterocycles. The van der Waals surface area contributed by atoms with Gasteiger partial charge in [0.25, 0.3) is 0 Å². The van der Waals surface area contributed by atoms with Crippen LogP contribution in [0.4, 0.5) is 10.8 Å². The highest BCUT2D eigenvalue weighted by Crippen LogP contribution is 2.62. The van der Waals surface area contributed by atoms with Crippen molar-refractivity contribution in [2.75, 3.05) is 11.9 Å². The Morgan fingerprint density at radius 1 is 1.37 bits per heavy atom. The van der Waals surface area contributed by atoms with E-state index < -0.39 is 17.5 Å². The zero-order chi connectivity index (χ0) is 21.7. The molecule has 2 aliphatic carbocycles. The van der Waals surface area contributed by atoms with Crippen LogP contribution in [0.15, 0.2) is 24.3 Å². The molecule has 2 aromatic rings. The standard InChI is InChI=1S/C22H28N2O5S/c1-21-7-6-17(27)22(2,11-25)16(21)10-15-19(14(21)9-18(28)29)24-20(30-15)23-12-4-3-5-13(26)8-12/h3-5,8,14,16-17,25-27H,6-7,9-11H2,1-2H3,(H,23,24)(H,28,29). The van der Waals surface area contributed by atoms with Crippen molar-refractivity contribution in [3.63, 3.8) is 0 Å². The zero-order valence-electron chi connectivity index (χ0n) is 17.1. The number of aromatic hydroxyl groups is 1. The maximum absolute atomic E-state index is 11.8. The molecule has 1 aromatic heterocycles. The van der Waals surface area contributed by atoms with E-state index in [0.717, 1.165) is 10.6 Å². The third-order valence-corrected chi connectivity index (χ3v) is 8.38. The fourth-order valence-electron chi connectivity index (χ4n) is 5.58. The molecular weight excluding hydrogens is 404 g/mol. The molecule has 1 saturated carbocycles. The Morgan fingerprint density at radius 3 is 2.80 bits per heavy atom. The third kappa shape index (κ3) is 3.36.